The molecule has 32 heavy (non-hydrogen) atoms. The van der Waals surface area contributed by atoms with Gasteiger partial charge in [-0.05, 0) is 67.7 Å². The second-order valence-corrected chi connectivity index (χ2v) is 10.3. The quantitative estimate of drug-likeness (QED) is 0.530. The maximum atomic E-state index is 15.6. The summed E-state index contributed by atoms with van der Waals surface area (Å²) < 4.78 is 17.3. The van der Waals surface area contributed by atoms with Crippen LogP contribution in [0.1, 0.15) is 44.1 Å². The molecule has 164 valence electrons. The summed E-state index contributed by atoms with van der Waals surface area (Å²) in [7, 11) is 0. The zero-order chi connectivity index (χ0) is 21.9. The standard InChI is InChI=1S/C27H27FN2O2/c28-26-12-20-11-21(13-26)15-27(14-20,17-26)30(18-31)24-8-4-7-23-22(24)9-10-29(25(23)32)16-19-5-2-1-3-6-19/h1-10,18,20-21H,11-17H2. The number of pyridine rings is 1. The molecule has 2 aromatic carbocycles. The molecule has 0 radical (unpaired) electrons. The second kappa shape index (κ2) is 7.03. The van der Waals surface area contributed by atoms with Gasteiger partial charge in [-0.25, -0.2) is 4.39 Å². The Hall–Kier alpha value is -2.95. The summed E-state index contributed by atoms with van der Waals surface area (Å²) in [4.78, 5) is 27.6. The molecule has 4 nitrogen and oxygen atoms in total. The van der Waals surface area contributed by atoms with E-state index in [9.17, 15) is 9.59 Å². The molecule has 4 fully saturated rings. The normalized spacial score (nSPS) is 30.5. The SMILES string of the molecule is O=CN(c1cccc2c(=O)n(Cc3ccccc3)ccc12)C12CC3CC(CC(F)(C3)C1)C2. The zero-order valence-electron chi connectivity index (χ0n) is 18.0. The summed E-state index contributed by atoms with van der Waals surface area (Å²) >= 11 is 0. The number of hydrogen-bond donors (Lipinski definition) is 0. The van der Waals surface area contributed by atoms with Crippen LogP contribution in [0.5, 0.6) is 0 Å². The summed E-state index contributed by atoms with van der Waals surface area (Å²) in [5, 5.41) is 1.35. The van der Waals surface area contributed by atoms with Crippen molar-refractivity contribution in [2.45, 2.75) is 56.3 Å². The number of halogens is 1. The van der Waals surface area contributed by atoms with E-state index in [1.807, 2.05) is 54.6 Å². The Balaban J connectivity index is 1.43. The number of carbonyl (C=O) groups is 1. The van der Waals surface area contributed by atoms with Crippen LogP contribution < -0.4 is 10.5 Å². The molecule has 4 aliphatic carbocycles. The first-order valence-electron chi connectivity index (χ1n) is 11.6. The van der Waals surface area contributed by atoms with Crippen molar-refractivity contribution in [1.29, 1.82) is 0 Å². The molecule has 4 saturated carbocycles. The Bertz CT molecular complexity index is 1240. The Labute approximate surface area is 186 Å². The van der Waals surface area contributed by atoms with E-state index in [4.69, 9.17) is 0 Å². The maximum absolute atomic E-state index is 15.6. The van der Waals surface area contributed by atoms with Gasteiger partial charge in [-0.2, -0.15) is 0 Å². The maximum Gasteiger partial charge on any atom is 0.258 e. The fourth-order valence-corrected chi connectivity index (χ4v) is 7.23. The van der Waals surface area contributed by atoms with Gasteiger partial charge in [0.25, 0.3) is 5.56 Å². The van der Waals surface area contributed by atoms with E-state index in [0.29, 0.717) is 43.0 Å². The first-order chi connectivity index (χ1) is 15.5. The third kappa shape index (κ3) is 3.01. The fraction of sp³-hybridized carbons (Fsp3) is 0.407. The molecule has 0 N–H and O–H groups in total. The van der Waals surface area contributed by atoms with Crippen molar-refractivity contribution in [2.75, 3.05) is 4.90 Å². The molecule has 4 bridgehead atoms. The van der Waals surface area contributed by atoms with Crippen LogP contribution in [0.15, 0.2) is 65.6 Å². The van der Waals surface area contributed by atoms with Gasteiger partial charge in [0.1, 0.15) is 5.67 Å². The molecule has 3 aromatic rings. The van der Waals surface area contributed by atoms with Crippen LogP contribution in [0, 0.1) is 11.8 Å². The van der Waals surface area contributed by atoms with Crippen molar-refractivity contribution in [2.24, 2.45) is 11.8 Å². The van der Waals surface area contributed by atoms with Crippen LogP contribution in [0.25, 0.3) is 10.8 Å². The lowest BCUT2D eigenvalue weighted by Crippen LogP contribution is -2.64. The smallest absolute Gasteiger partial charge is 0.258 e. The molecule has 0 aliphatic heterocycles. The number of carbonyl (C=O) groups excluding carboxylic acids is 1. The molecule has 4 aliphatic rings. The van der Waals surface area contributed by atoms with Crippen molar-refractivity contribution < 1.29 is 9.18 Å². The van der Waals surface area contributed by atoms with Crippen molar-refractivity contribution in [3.05, 3.63) is 76.7 Å². The number of nitrogens with zero attached hydrogens (tertiary/aromatic N) is 2. The summed E-state index contributed by atoms with van der Waals surface area (Å²) in [6.07, 6.45) is 7.16. The Morgan fingerprint density at radius 3 is 2.41 bits per heavy atom. The number of anilines is 1. The molecule has 2 unspecified atom stereocenters. The van der Waals surface area contributed by atoms with Gasteiger partial charge in [-0.1, -0.05) is 36.4 Å². The number of aromatic nitrogens is 1. The first kappa shape index (κ1) is 19.7. The van der Waals surface area contributed by atoms with Gasteiger partial charge in [0.2, 0.25) is 6.41 Å². The lowest BCUT2D eigenvalue weighted by atomic mass is 9.51. The highest BCUT2D eigenvalue weighted by atomic mass is 19.1. The Morgan fingerprint density at radius 2 is 1.72 bits per heavy atom. The Morgan fingerprint density at radius 1 is 0.969 bits per heavy atom. The molecule has 7 rings (SSSR count). The van der Waals surface area contributed by atoms with Crippen LogP contribution in [0.4, 0.5) is 10.1 Å². The molecule has 1 aromatic heterocycles. The summed E-state index contributed by atoms with van der Waals surface area (Å²) in [5.41, 5.74) is 0.0755. The van der Waals surface area contributed by atoms with E-state index in [2.05, 4.69) is 0 Å². The van der Waals surface area contributed by atoms with Crippen LogP contribution in [0.2, 0.25) is 0 Å². The van der Waals surface area contributed by atoms with Gasteiger partial charge in [0, 0.05) is 23.4 Å². The zero-order valence-corrected chi connectivity index (χ0v) is 18.0. The van der Waals surface area contributed by atoms with Crippen molar-refractivity contribution >= 4 is 22.9 Å². The highest BCUT2D eigenvalue weighted by Crippen LogP contribution is 2.61. The number of rotatable bonds is 5. The summed E-state index contributed by atoms with van der Waals surface area (Å²) in [5.74, 6) is 0.698. The molecule has 5 heteroatoms. The van der Waals surface area contributed by atoms with Gasteiger partial charge in [-0.3, -0.25) is 9.59 Å². The average Bonchev–Trinajstić information content (AvgIpc) is 2.75. The van der Waals surface area contributed by atoms with Gasteiger partial charge >= 0.3 is 0 Å². The summed E-state index contributed by atoms with van der Waals surface area (Å²) in [6, 6.07) is 17.4. The van der Waals surface area contributed by atoms with Crippen molar-refractivity contribution in [1.82, 2.24) is 4.57 Å². The van der Waals surface area contributed by atoms with Gasteiger partial charge in [0.15, 0.2) is 0 Å². The van der Waals surface area contributed by atoms with Gasteiger partial charge < -0.3 is 9.47 Å². The highest BCUT2D eigenvalue weighted by Gasteiger charge is 2.60. The lowest BCUT2D eigenvalue weighted by Gasteiger charge is -2.61. The minimum Gasteiger partial charge on any atom is -0.311 e. The highest BCUT2D eigenvalue weighted by molar-refractivity contribution is 5.98. The Kier molecular flexibility index (Phi) is 4.33. The number of fused-ring (bicyclic) bond motifs is 1. The first-order valence-corrected chi connectivity index (χ1v) is 11.6. The minimum atomic E-state index is -1.15. The van der Waals surface area contributed by atoms with Crippen LogP contribution in [-0.4, -0.2) is 22.2 Å². The predicted octanol–water partition coefficient (Wildman–Crippen LogP) is 5.07. The average molecular weight is 431 g/mol. The van der Waals surface area contributed by atoms with E-state index in [1.165, 1.54) is 0 Å². The van der Waals surface area contributed by atoms with Crippen LogP contribution in [-0.2, 0) is 11.3 Å². The van der Waals surface area contributed by atoms with E-state index in [0.717, 1.165) is 42.3 Å². The molecule has 2 atom stereocenters. The second-order valence-electron chi connectivity index (χ2n) is 10.3. The fourth-order valence-electron chi connectivity index (χ4n) is 7.23. The van der Waals surface area contributed by atoms with Crippen LogP contribution >= 0.6 is 0 Å². The van der Waals surface area contributed by atoms with E-state index >= 15 is 4.39 Å². The van der Waals surface area contributed by atoms with Crippen molar-refractivity contribution in [3.8, 4) is 0 Å². The molecular formula is C27H27FN2O2. The van der Waals surface area contributed by atoms with E-state index in [1.54, 1.807) is 15.7 Å². The summed E-state index contributed by atoms with van der Waals surface area (Å²) in [6.45, 7) is 0.495. The largest absolute Gasteiger partial charge is 0.311 e. The van der Waals surface area contributed by atoms with Crippen molar-refractivity contribution in [3.63, 3.8) is 0 Å². The molecule has 0 spiro atoms. The van der Waals surface area contributed by atoms with E-state index in [-0.39, 0.29) is 5.56 Å². The predicted molar refractivity (Wildman–Crippen MR) is 124 cm³/mol. The lowest BCUT2D eigenvalue weighted by molar-refractivity contribution is -0.116. The van der Waals surface area contributed by atoms with E-state index < -0.39 is 11.2 Å². The monoisotopic (exact) mass is 430 g/mol. The van der Waals surface area contributed by atoms with Gasteiger partial charge in [-0.15, -0.1) is 0 Å². The topological polar surface area (TPSA) is 42.3 Å². The minimum absolute atomic E-state index is 0.0773. The number of alkyl halides is 1. The number of amides is 1. The molecule has 0 saturated heterocycles. The number of hydrogen-bond acceptors (Lipinski definition) is 2. The molecule has 1 amide bonds. The third-order valence-corrected chi connectivity index (χ3v) is 8.03. The molecule has 1 heterocycles. The third-order valence-electron chi connectivity index (χ3n) is 8.03. The molecular weight excluding hydrogens is 403 g/mol. The number of benzene rings is 2. The van der Waals surface area contributed by atoms with Crippen LogP contribution in [0.3, 0.4) is 0 Å². The van der Waals surface area contributed by atoms with Gasteiger partial charge in [0.05, 0.1) is 17.8 Å².